The molecule has 1 amide bonds. The van der Waals surface area contributed by atoms with E-state index in [1.165, 1.54) is 30.6 Å². The Balaban J connectivity index is 2.06. The zero-order chi connectivity index (χ0) is 15.3. The van der Waals surface area contributed by atoms with Gasteiger partial charge in [-0.1, -0.05) is 31.8 Å². The maximum atomic E-state index is 11.8. The molecule has 1 N–H and O–H groups in total. The Morgan fingerprint density at radius 1 is 1.10 bits per heavy atom. The number of nitrogens with one attached hydrogen (secondary N) is 1. The first-order valence-electron chi connectivity index (χ1n) is 7.81. The summed E-state index contributed by atoms with van der Waals surface area (Å²) >= 11 is 1.70. The van der Waals surface area contributed by atoms with Crippen molar-refractivity contribution in [2.45, 2.75) is 56.3 Å². The number of rotatable bonds is 11. The SMILES string of the molecule is C=CCCCCCCCCC(=O)Nc1ccc(SC)cc1. The van der Waals surface area contributed by atoms with E-state index in [2.05, 4.69) is 11.9 Å². The summed E-state index contributed by atoms with van der Waals surface area (Å²) in [6, 6.07) is 7.99. The molecule has 3 heteroatoms. The molecule has 0 unspecified atom stereocenters. The number of carbonyl (C=O) groups is 1. The van der Waals surface area contributed by atoms with Crippen LogP contribution in [-0.2, 0) is 4.79 Å². The van der Waals surface area contributed by atoms with Crippen molar-refractivity contribution in [2.75, 3.05) is 11.6 Å². The van der Waals surface area contributed by atoms with Crippen LogP contribution in [0.25, 0.3) is 0 Å². The summed E-state index contributed by atoms with van der Waals surface area (Å²) in [5, 5.41) is 2.95. The van der Waals surface area contributed by atoms with Crippen LogP contribution in [0.3, 0.4) is 0 Å². The standard InChI is InChI=1S/C18H27NOS/c1-3-4-5-6-7-8-9-10-11-18(20)19-16-12-14-17(21-2)15-13-16/h3,12-15H,1,4-11H2,2H3,(H,19,20). The van der Waals surface area contributed by atoms with Gasteiger partial charge >= 0.3 is 0 Å². The normalized spacial score (nSPS) is 10.3. The molecule has 0 aliphatic carbocycles. The van der Waals surface area contributed by atoms with Crippen molar-refractivity contribution in [1.29, 1.82) is 0 Å². The van der Waals surface area contributed by atoms with Gasteiger partial charge in [0.2, 0.25) is 5.91 Å². The second-order valence-corrected chi connectivity index (χ2v) is 6.11. The van der Waals surface area contributed by atoms with Gasteiger partial charge in [0, 0.05) is 17.0 Å². The van der Waals surface area contributed by atoms with Gasteiger partial charge in [0.1, 0.15) is 0 Å². The predicted molar refractivity (Wildman–Crippen MR) is 94.0 cm³/mol. The van der Waals surface area contributed by atoms with E-state index in [-0.39, 0.29) is 5.91 Å². The van der Waals surface area contributed by atoms with Gasteiger partial charge in [0.15, 0.2) is 0 Å². The Hall–Kier alpha value is -1.22. The van der Waals surface area contributed by atoms with Gasteiger partial charge in [-0.05, 0) is 49.8 Å². The second kappa shape index (κ2) is 11.4. The first kappa shape index (κ1) is 17.8. The average Bonchev–Trinajstić information content (AvgIpc) is 2.50. The number of hydrogen-bond acceptors (Lipinski definition) is 2. The van der Waals surface area contributed by atoms with Gasteiger partial charge in [0.25, 0.3) is 0 Å². The van der Waals surface area contributed by atoms with Crippen LogP contribution in [0.5, 0.6) is 0 Å². The van der Waals surface area contributed by atoms with Crippen molar-refractivity contribution in [3.63, 3.8) is 0 Å². The average molecular weight is 305 g/mol. The van der Waals surface area contributed by atoms with Crippen LogP contribution in [0.4, 0.5) is 5.69 Å². The highest BCUT2D eigenvalue weighted by Crippen LogP contribution is 2.17. The van der Waals surface area contributed by atoms with E-state index in [0.717, 1.165) is 24.9 Å². The third-order valence-corrected chi connectivity index (χ3v) is 4.18. The largest absolute Gasteiger partial charge is 0.326 e. The fourth-order valence-corrected chi connectivity index (χ4v) is 2.59. The number of hydrogen-bond donors (Lipinski definition) is 1. The molecule has 0 saturated carbocycles. The maximum Gasteiger partial charge on any atom is 0.224 e. The summed E-state index contributed by atoms with van der Waals surface area (Å²) in [4.78, 5) is 13.0. The van der Waals surface area contributed by atoms with Crippen molar-refractivity contribution < 1.29 is 4.79 Å². The number of allylic oxidation sites excluding steroid dienone is 1. The topological polar surface area (TPSA) is 29.1 Å². The van der Waals surface area contributed by atoms with Gasteiger partial charge in [-0.3, -0.25) is 4.79 Å². The monoisotopic (exact) mass is 305 g/mol. The summed E-state index contributed by atoms with van der Waals surface area (Å²) < 4.78 is 0. The molecule has 0 fully saturated rings. The first-order chi connectivity index (χ1) is 10.3. The van der Waals surface area contributed by atoms with E-state index in [4.69, 9.17) is 0 Å². The molecular weight excluding hydrogens is 278 g/mol. The zero-order valence-corrected chi connectivity index (χ0v) is 13.9. The molecule has 0 saturated heterocycles. The zero-order valence-electron chi connectivity index (χ0n) is 13.1. The molecule has 0 aliphatic rings. The molecule has 0 atom stereocenters. The summed E-state index contributed by atoms with van der Waals surface area (Å²) in [5.41, 5.74) is 0.891. The Bertz CT molecular complexity index is 414. The van der Waals surface area contributed by atoms with Crippen LogP contribution in [0.1, 0.15) is 51.4 Å². The summed E-state index contributed by atoms with van der Waals surface area (Å²) in [5.74, 6) is 0.124. The van der Waals surface area contributed by atoms with Gasteiger partial charge in [-0.15, -0.1) is 18.3 Å². The third kappa shape index (κ3) is 8.61. The van der Waals surface area contributed by atoms with Crippen molar-refractivity contribution in [1.82, 2.24) is 0 Å². The lowest BCUT2D eigenvalue weighted by Crippen LogP contribution is -2.10. The highest BCUT2D eigenvalue weighted by Gasteiger charge is 2.02. The van der Waals surface area contributed by atoms with Crippen molar-refractivity contribution in [3.8, 4) is 0 Å². The highest BCUT2D eigenvalue weighted by atomic mass is 32.2. The van der Waals surface area contributed by atoms with Gasteiger partial charge in [-0.2, -0.15) is 0 Å². The number of carbonyl (C=O) groups excluding carboxylic acids is 1. The molecule has 21 heavy (non-hydrogen) atoms. The molecule has 0 aliphatic heterocycles. The Kier molecular flexibility index (Phi) is 9.71. The lowest BCUT2D eigenvalue weighted by molar-refractivity contribution is -0.116. The smallest absolute Gasteiger partial charge is 0.224 e. The minimum absolute atomic E-state index is 0.124. The number of thioether (sulfide) groups is 1. The van der Waals surface area contributed by atoms with Crippen LogP contribution >= 0.6 is 11.8 Å². The fraction of sp³-hybridized carbons (Fsp3) is 0.500. The predicted octanol–water partition coefficient (Wildman–Crippen LogP) is 5.65. The van der Waals surface area contributed by atoms with Crippen molar-refractivity contribution in [2.24, 2.45) is 0 Å². The van der Waals surface area contributed by atoms with Gasteiger partial charge < -0.3 is 5.32 Å². The van der Waals surface area contributed by atoms with E-state index in [1.54, 1.807) is 11.8 Å². The summed E-state index contributed by atoms with van der Waals surface area (Å²) in [6.45, 7) is 3.73. The van der Waals surface area contributed by atoms with Crippen molar-refractivity contribution >= 4 is 23.4 Å². The molecule has 0 radical (unpaired) electrons. The minimum atomic E-state index is 0.124. The van der Waals surface area contributed by atoms with Gasteiger partial charge in [-0.25, -0.2) is 0 Å². The van der Waals surface area contributed by atoms with Crippen LogP contribution in [0, 0.1) is 0 Å². The minimum Gasteiger partial charge on any atom is -0.326 e. The van der Waals surface area contributed by atoms with E-state index in [9.17, 15) is 4.79 Å². The molecule has 0 heterocycles. The number of anilines is 1. The lowest BCUT2D eigenvalue weighted by atomic mass is 10.1. The van der Waals surface area contributed by atoms with Crippen LogP contribution in [-0.4, -0.2) is 12.2 Å². The van der Waals surface area contributed by atoms with E-state index < -0.39 is 0 Å². The molecule has 0 aromatic heterocycles. The Morgan fingerprint density at radius 3 is 2.33 bits per heavy atom. The quantitative estimate of drug-likeness (QED) is 0.325. The molecule has 1 aromatic carbocycles. The van der Waals surface area contributed by atoms with Gasteiger partial charge in [0.05, 0.1) is 0 Å². The number of amides is 1. The summed E-state index contributed by atoms with van der Waals surface area (Å²) in [6.07, 6.45) is 12.9. The van der Waals surface area contributed by atoms with Crippen LogP contribution in [0.15, 0.2) is 41.8 Å². The molecule has 0 bridgehead atoms. The molecular formula is C18H27NOS. The Morgan fingerprint density at radius 2 is 1.71 bits per heavy atom. The first-order valence-corrected chi connectivity index (χ1v) is 9.03. The maximum absolute atomic E-state index is 11.8. The summed E-state index contributed by atoms with van der Waals surface area (Å²) in [7, 11) is 0. The molecule has 1 rings (SSSR count). The second-order valence-electron chi connectivity index (χ2n) is 5.23. The van der Waals surface area contributed by atoms with E-state index in [1.807, 2.05) is 36.6 Å². The molecule has 2 nitrogen and oxygen atoms in total. The van der Waals surface area contributed by atoms with Crippen LogP contribution < -0.4 is 5.32 Å². The van der Waals surface area contributed by atoms with E-state index >= 15 is 0 Å². The van der Waals surface area contributed by atoms with Crippen molar-refractivity contribution in [3.05, 3.63) is 36.9 Å². The Labute approximate surface area is 133 Å². The highest BCUT2D eigenvalue weighted by molar-refractivity contribution is 7.98. The van der Waals surface area contributed by atoms with E-state index in [0.29, 0.717) is 6.42 Å². The third-order valence-electron chi connectivity index (χ3n) is 3.44. The number of benzene rings is 1. The molecule has 116 valence electrons. The number of unbranched alkanes of at least 4 members (excludes halogenated alkanes) is 6. The lowest BCUT2D eigenvalue weighted by Gasteiger charge is -2.06. The molecule has 0 spiro atoms. The fourth-order valence-electron chi connectivity index (χ4n) is 2.18. The van der Waals surface area contributed by atoms with Crippen LogP contribution in [0.2, 0.25) is 0 Å². The molecule has 1 aromatic rings.